The molecule has 13 heavy (non-hydrogen) atoms. The van der Waals surface area contributed by atoms with Crippen LogP contribution in [0.1, 0.15) is 6.42 Å². The highest BCUT2D eigenvalue weighted by Gasteiger charge is 2.06. The molecule has 0 aromatic rings. The van der Waals surface area contributed by atoms with Crippen molar-refractivity contribution in [3.05, 3.63) is 12.7 Å². The summed E-state index contributed by atoms with van der Waals surface area (Å²) in [7, 11) is 0. The van der Waals surface area contributed by atoms with E-state index in [-0.39, 0.29) is 0 Å². The third-order valence-electron chi connectivity index (χ3n) is 1.45. The van der Waals surface area contributed by atoms with Crippen molar-refractivity contribution in [1.29, 1.82) is 0 Å². The fourth-order valence-corrected chi connectivity index (χ4v) is 1.86. The number of amidine groups is 1. The molecule has 0 aromatic carbocycles. The number of hydrogen-bond acceptors (Lipinski definition) is 4. The van der Waals surface area contributed by atoms with Gasteiger partial charge in [0.1, 0.15) is 4.32 Å². The monoisotopic (exact) mass is 215 g/mol. The van der Waals surface area contributed by atoms with Gasteiger partial charge in [-0.15, -0.1) is 6.58 Å². The van der Waals surface area contributed by atoms with E-state index in [1.165, 1.54) is 11.8 Å². The summed E-state index contributed by atoms with van der Waals surface area (Å²) in [5.74, 6) is 0. The van der Waals surface area contributed by atoms with Gasteiger partial charge < -0.3 is 10.6 Å². The van der Waals surface area contributed by atoms with Crippen LogP contribution in [0.15, 0.2) is 17.6 Å². The fraction of sp³-hybridized carbons (Fsp3) is 0.500. The van der Waals surface area contributed by atoms with E-state index < -0.39 is 0 Å². The van der Waals surface area contributed by atoms with Gasteiger partial charge in [-0.05, 0) is 18.2 Å². The Bertz CT molecular complexity index is 225. The maximum Gasteiger partial charge on any atom is 0.163 e. The average molecular weight is 215 g/mol. The van der Waals surface area contributed by atoms with Crippen molar-refractivity contribution in [2.75, 3.05) is 19.6 Å². The normalized spacial score (nSPS) is 17.8. The lowest BCUT2D eigenvalue weighted by molar-refractivity contribution is 0.789. The van der Waals surface area contributed by atoms with Crippen LogP contribution < -0.4 is 10.6 Å². The minimum Gasteiger partial charge on any atom is -0.371 e. The van der Waals surface area contributed by atoms with Gasteiger partial charge in [-0.2, -0.15) is 0 Å². The number of thiocarbonyl (C=S) groups is 1. The average Bonchev–Trinajstić information content (AvgIpc) is 2.09. The molecule has 1 aliphatic rings. The van der Waals surface area contributed by atoms with Gasteiger partial charge in [0.15, 0.2) is 5.17 Å². The van der Waals surface area contributed by atoms with E-state index in [4.69, 9.17) is 12.2 Å². The summed E-state index contributed by atoms with van der Waals surface area (Å²) in [6.07, 6.45) is 2.83. The molecule has 0 radical (unpaired) electrons. The SMILES string of the molecule is C=CCNC1=NCCCNC(=S)S1. The molecule has 0 fully saturated rings. The predicted molar refractivity (Wildman–Crippen MR) is 63.3 cm³/mol. The maximum atomic E-state index is 5.09. The van der Waals surface area contributed by atoms with Gasteiger partial charge >= 0.3 is 0 Å². The largest absolute Gasteiger partial charge is 0.371 e. The number of thioether (sulfide) groups is 1. The van der Waals surface area contributed by atoms with Crippen molar-refractivity contribution in [3.63, 3.8) is 0 Å². The van der Waals surface area contributed by atoms with E-state index in [0.29, 0.717) is 0 Å². The summed E-state index contributed by atoms with van der Waals surface area (Å²) < 4.78 is 0.787. The lowest BCUT2D eigenvalue weighted by Gasteiger charge is -2.13. The molecule has 0 atom stereocenters. The van der Waals surface area contributed by atoms with Crippen LogP contribution in [0.2, 0.25) is 0 Å². The Morgan fingerprint density at radius 1 is 1.77 bits per heavy atom. The van der Waals surface area contributed by atoms with Gasteiger partial charge in [0, 0.05) is 19.6 Å². The first-order chi connectivity index (χ1) is 6.33. The molecule has 0 saturated heterocycles. The van der Waals surface area contributed by atoms with Crippen LogP contribution in [0.5, 0.6) is 0 Å². The van der Waals surface area contributed by atoms with Crippen molar-refractivity contribution >= 4 is 33.5 Å². The molecule has 2 N–H and O–H groups in total. The van der Waals surface area contributed by atoms with Gasteiger partial charge in [-0.25, -0.2) is 0 Å². The van der Waals surface area contributed by atoms with E-state index in [9.17, 15) is 0 Å². The Morgan fingerprint density at radius 2 is 2.62 bits per heavy atom. The van der Waals surface area contributed by atoms with Gasteiger partial charge in [0.2, 0.25) is 0 Å². The standard InChI is InChI=1S/C8H13N3S2/c1-2-4-9-7-10-5-3-6-11-8(12)13-7/h2H,1,3-6H2,(H,9,10)(H,11,12). The van der Waals surface area contributed by atoms with E-state index >= 15 is 0 Å². The van der Waals surface area contributed by atoms with Gasteiger partial charge in [0.25, 0.3) is 0 Å². The molecule has 1 aliphatic heterocycles. The Labute approximate surface area is 88.1 Å². The van der Waals surface area contributed by atoms with E-state index in [1.807, 2.05) is 0 Å². The number of rotatable bonds is 2. The first kappa shape index (κ1) is 10.5. The highest BCUT2D eigenvalue weighted by molar-refractivity contribution is 8.32. The fourth-order valence-electron chi connectivity index (χ4n) is 0.858. The highest BCUT2D eigenvalue weighted by atomic mass is 32.2. The molecule has 3 nitrogen and oxygen atoms in total. The van der Waals surface area contributed by atoms with E-state index in [1.54, 1.807) is 6.08 Å². The molecule has 0 aromatic heterocycles. The zero-order chi connectivity index (χ0) is 9.52. The summed E-state index contributed by atoms with van der Waals surface area (Å²) in [5, 5.41) is 7.16. The molecule has 0 aliphatic carbocycles. The Hall–Kier alpha value is -0.550. The predicted octanol–water partition coefficient (Wildman–Crippen LogP) is 1.13. The molecule has 1 rings (SSSR count). The van der Waals surface area contributed by atoms with Crippen LogP contribution in [0.3, 0.4) is 0 Å². The molecule has 0 spiro atoms. The number of nitrogens with one attached hydrogen (secondary N) is 2. The van der Waals surface area contributed by atoms with Crippen molar-refractivity contribution < 1.29 is 0 Å². The van der Waals surface area contributed by atoms with Crippen LogP contribution in [-0.2, 0) is 0 Å². The van der Waals surface area contributed by atoms with Crippen LogP contribution in [0.4, 0.5) is 0 Å². The Kier molecular flexibility index (Phi) is 4.85. The van der Waals surface area contributed by atoms with Crippen LogP contribution in [0, 0.1) is 0 Å². The minimum atomic E-state index is 0.731. The van der Waals surface area contributed by atoms with Crippen molar-refractivity contribution in [1.82, 2.24) is 10.6 Å². The number of aliphatic imine (C=N–C) groups is 1. The summed E-state index contributed by atoms with van der Waals surface area (Å²) in [4.78, 5) is 4.36. The molecule has 5 heteroatoms. The number of hydrogen-bond donors (Lipinski definition) is 2. The topological polar surface area (TPSA) is 36.4 Å². The van der Waals surface area contributed by atoms with E-state index in [2.05, 4.69) is 22.2 Å². The molecule has 1 heterocycles. The zero-order valence-electron chi connectivity index (χ0n) is 7.38. The molecule has 0 saturated carbocycles. The first-order valence-electron chi connectivity index (χ1n) is 4.18. The second kappa shape index (κ2) is 5.99. The highest BCUT2D eigenvalue weighted by Crippen LogP contribution is 2.06. The molecule has 0 amide bonds. The Balaban J connectivity index is 2.47. The Morgan fingerprint density at radius 3 is 3.38 bits per heavy atom. The summed E-state index contributed by atoms with van der Waals surface area (Å²) >= 11 is 6.56. The first-order valence-corrected chi connectivity index (χ1v) is 5.40. The molecule has 0 unspecified atom stereocenters. The summed E-state index contributed by atoms with van der Waals surface area (Å²) in [6.45, 7) is 6.13. The molecular weight excluding hydrogens is 202 g/mol. The molecular formula is C8H13N3S2. The minimum absolute atomic E-state index is 0.731. The van der Waals surface area contributed by atoms with Gasteiger partial charge in [-0.3, -0.25) is 4.99 Å². The third-order valence-corrected chi connectivity index (χ3v) is 2.64. The van der Waals surface area contributed by atoms with Gasteiger partial charge in [-0.1, -0.05) is 18.3 Å². The van der Waals surface area contributed by atoms with Crippen molar-refractivity contribution in [2.45, 2.75) is 6.42 Å². The summed E-state index contributed by atoms with van der Waals surface area (Å²) in [5.41, 5.74) is 0. The van der Waals surface area contributed by atoms with Crippen molar-refractivity contribution in [3.8, 4) is 0 Å². The second-order valence-electron chi connectivity index (χ2n) is 2.53. The van der Waals surface area contributed by atoms with Crippen LogP contribution in [-0.4, -0.2) is 29.1 Å². The molecule has 0 bridgehead atoms. The second-order valence-corrected chi connectivity index (χ2v) is 4.19. The van der Waals surface area contributed by atoms with Crippen LogP contribution in [0.25, 0.3) is 0 Å². The van der Waals surface area contributed by atoms with E-state index in [0.717, 1.165) is 35.5 Å². The third kappa shape index (κ3) is 4.28. The maximum absolute atomic E-state index is 5.09. The lowest BCUT2D eigenvalue weighted by Crippen LogP contribution is -2.29. The zero-order valence-corrected chi connectivity index (χ0v) is 9.01. The van der Waals surface area contributed by atoms with Crippen LogP contribution >= 0.6 is 24.0 Å². The smallest absolute Gasteiger partial charge is 0.163 e. The number of nitrogens with zero attached hydrogens (tertiary/aromatic N) is 1. The van der Waals surface area contributed by atoms with Gasteiger partial charge in [0.05, 0.1) is 0 Å². The lowest BCUT2D eigenvalue weighted by atomic mass is 10.4. The quantitative estimate of drug-likeness (QED) is 0.535. The van der Waals surface area contributed by atoms with Crippen molar-refractivity contribution in [2.24, 2.45) is 4.99 Å². The summed E-state index contributed by atoms with van der Waals surface area (Å²) in [6, 6.07) is 0. The molecule has 72 valence electrons.